The monoisotopic (exact) mass is 326 g/mol. The summed E-state index contributed by atoms with van der Waals surface area (Å²) >= 11 is 0. The molecule has 0 radical (unpaired) electrons. The number of nitrogens with one attached hydrogen (secondary N) is 2. The number of carbonyl (C=O) groups is 1. The molecule has 0 aliphatic carbocycles. The lowest BCUT2D eigenvalue weighted by Gasteiger charge is -2.34. The second-order valence-corrected chi connectivity index (χ2v) is 7.42. The van der Waals surface area contributed by atoms with Crippen molar-refractivity contribution in [2.24, 2.45) is 0 Å². The molecule has 1 aromatic rings. The lowest BCUT2D eigenvalue weighted by molar-refractivity contribution is -0.120. The second kappa shape index (κ2) is 7.06. The highest BCUT2D eigenvalue weighted by atomic mass is 32.2. The van der Waals surface area contributed by atoms with Crippen molar-refractivity contribution in [1.29, 1.82) is 0 Å². The number of amides is 1. The quantitative estimate of drug-likeness (QED) is 0.796. The first-order valence-electron chi connectivity index (χ1n) is 7.26. The molecule has 1 saturated heterocycles. The molecule has 1 atom stereocenters. The number of piperidine rings is 1. The number of carbonyl (C=O) groups excluding carboxylic acids is 1. The Bertz CT molecular complexity index is 633. The lowest BCUT2D eigenvalue weighted by Crippen LogP contribution is -2.50. The Balaban J connectivity index is 1.89. The highest BCUT2D eigenvalue weighted by Gasteiger charge is 2.22. The number of aromatic nitrogens is 1. The smallest absolute Gasteiger partial charge is 0.235 e. The van der Waals surface area contributed by atoms with E-state index in [0.717, 1.165) is 37.2 Å². The highest BCUT2D eigenvalue weighted by molar-refractivity contribution is 7.88. The van der Waals surface area contributed by atoms with E-state index in [2.05, 4.69) is 19.9 Å². The van der Waals surface area contributed by atoms with E-state index >= 15 is 0 Å². The Kier molecular flexibility index (Phi) is 5.36. The second-order valence-electron chi connectivity index (χ2n) is 5.58. The fourth-order valence-corrected chi connectivity index (χ4v) is 2.88. The van der Waals surface area contributed by atoms with E-state index < -0.39 is 10.0 Å². The molecule has 2 rings (SSSR count). The molecule has 1 amide bonds. The van der Waals surface area contributed by atoms with Gasteiger partial charge >= 0.3 is 0 Å². The van der Waals surface area contributed by atoms with Crippen LogP contribution in [0.15, 0.2) is 18.2 Å². The van der Waals surface area contributed by atoms with Crippen molar-refractivity contribution in [3.05, 3.63) is 23.9 Å². The van der Waals surface area contributed by atoms with Crippen LogP contribution in [0.3, 0.4) is 0 Å². The van der Waals surface area contributed by atoms with E-state index in [1.165, 1.54) is 0 Å². The fraction of sp³-hybridized carbons (Fsp3) is 0.571. The standard InChI is InChI=1S/C14H22N4O3S/c1-11-5-3-7-13(16-11)18-8-4-6-12(10-18)17-14(19)9-15-22(2,20)21/h3,5,7,12,15H,4,6,8-10H2,1-2H3,(H,17,19)/t12-/m1/s1. The van der Waals surface area contributed by atoms with Gasteiger partial charge in [0.25, 0.3) is 0 Å². The van der Waals surface area contributed by atoms with Crippen molar-refractivity contribution in [2.45, 2.75) is 25.8 Å². The molecular weight excluding hydrogens is 304 g/mol. The zero-order chi connectivity index (χ0) is 16.2. The molecule has 1 aromatic heterocycles. The maximum Gasteiger partial charge on any atom is 0.235 e. The summed E-state index contributed by atoms with van der Waals surface area (Å²) < 4.78 is 24.2. The maximum atomic E-state index is 11.8. The van der Waals surface area contributed by atoms with Gasteiger partial charge in [0.05, 0.1) is 12.8 Å². The molecule has 2 heterocycles. The van der Waals surface area contributed by atoms with Gasteiger partial charge in [0.1, 0.15) is 5.82 Å². The van der Waals surface area contributed by atoms with Crippen molar-refractivity contribution in [3.63, 3.8) is 0 Å². The van der Waals surface area contributed by atoms with Crippen LogP contribution in [0.4, 0.5) is 5.82 Å². The normalized spacial score (nSPS) is 19.0. The van der Waals surface area contributed by atoms with Crippen LogP contribution < -0.4 is 14.9 Å². The molecule has 8 heteroatoms. The molecule has 1 aliphatic heterocycles. The zero-order valence-electron chi connectivity index (χ0n) is 12.9. The van der Waals surface area contributed by atoms with E-state index in [0.29, 0.717) is 6.54 Å². The van der Waals surface area contributed by atoms with Gasteiger partial charge in [0, 0.05) is 24.8 Å². The summed E-state index contributed by atoms with van der Waals surface area (Å²) in [5.41, 5.74) is 0.959. The molecule has 0 aromatic carbocycles. The number of pyridine rings is 1. The van der Waals surface area contributed by atoms with Gasteiger partial charge in [-0.05, 0) is 31.9 Å². The largest absolute Gasteiger partial charge is 0.355 e. The van der Waals surface area contributed by atoms with Gasteiger partial charge in [0.2, 0.25) is 15.9 Å². The van der Waals surface area contributed by atoms with Gasteiger partial charge in [-0.15, -0.1) is 0 Å². The Hall–Kier alpha value is -1.67. The third-order valence-corrected chi connectivity index (χ3v) is 4.15. The van der Waals surface area contributed by atoms with Crippen LogP contribution in [0, 0.1) is 6.92 Å². The number of hydrogen-bond donors (Lipinski definition) is 2. The lowest BCUT2D eigenvalue weighted by atomic mass is 10.1. The molecule has 7 nitrogen and oxygen atoms in total. The SMILES string of the molecule is Cc1cccc(N2CCC[C@@H](NC(=O)CNS(C)(=O)=O)C2)n1. The van der Waals surface area contributed by atoms with Gasteiger partial charge in [-0.25, -0.2) is 18.1 Å². The first-order chi connectivity index (χ1) is 10.3. The van der Waals surface area contributed by atoms with Crippen molar-refractivity contribution in [3.8, 4) is 0 Å². The molecule has 0 spiro atoms. The van der Waals surface area contributed by atoms with Crippen molar-refractivity contribution in [1.82, 2.24) is 15.0 Å². The molecule has 0 unspecified atom stereocenters. The van der Waals surface area contributed by atoms with Gasteiger partial charge in [0.15, 0.2) is 0 Å². The fourth-order valence-electron chi connectivity index (χ4n) is 2.48. The Morgan fingerprint density at radius 3 is 2.91 bits per heavy atom. The first-order valence-corrected chi connectivity index (χ1v) is 9.15. The van der Waals surface area contributed by atoms with Crippen molar-refractivity contribution >= 4 is 21.7 Å². The van der Waals surface area contributed by atoms with Crippen molar-refractivity contribution < 1.29 is 13.2 Å². The molecule has 1 fully saturated rings. The molecule has 1 aliphatic rings. The van der Waals surface area contributed by atoms with Gasteiger partial charge in [-0.2, -0.15) is 0 Å². The van der Waals surface area contributed by atoms with Gasteiger partial charge in [-0.1, -0.05) is 6.07 Å². The van der Waals surface area contributed by atoms with E-state index in [1.54, 1.807) is 0 Å². The van der Waals surface area contributed by atoms with Gasteiger partial charge in [-0.3, -0.25) is 4.79 Å². The number of rotatable bonds is 5. The van der Waals surface area contributed by atoms with Crippen LogP contribution in [0.25, 0.3) is 0 Å². The summed E-state index contributed by atoms with van der Waals surface area (Å²) in [7, 11) is -3.35. The molecule has 0 bridgehead atoms. The number of aryl methyl sites for hydroxylation is 1. The average molecular weight is 326 g/mol. The summed E-state index contributed by atoms with van der Waals surface area (Å²) in [5.74, 6) is 0.600. The minimum atomic E-state index is -3.35. The first kappa shape index (κ1) is 16.7. The predicted molar refractivity (Wildman–Crippen MR) is 85.2 cm³/mol. The molecular formula is C14H22N4O3S. The zero-order valence-corrected chi connectivity index (χ0v) is 13.7. The van der Waals surface area contributed by atoms with E-state index in [4.69, 9.17) is 0 Å². The van der Waals surface area contributed by atoms with Crippen LogP contribution in [0.5, 0.6) is 0 Å². The van der Waals surface area contributed by atoms with Crippen molar-refractivity contribution in [2.75, 3.05) is 30.8 Å². The average Bonchev–Trinajstić information content (AvgIpc) is 2.45. The maximum absolute atomic E-state index is 11.8. The predicted octanol–water partition coefficient (Wildman–Crippen LogP) is 0.0242. The van der Waals surface area contributed by atoms with Crippen LogP contribution in [0.1, 0.15) is 18.5 Å². The summed E-state index contributed by atoms with van der Waals surface area (Å²) in [5, 5.41) is 2.87. The minimum absolute atomic E-state index is 0.00456. The number of nitrogens with zero attached hydrogens (tertiary/aromatic N) is 2. The topological polar surface area (TPSA) is 91.4 Å². The Labute approximate surface area is 131 Å². The van der Waals surface area contributed by atoms with Crippen LogP contribution >= 0.6 is 0 Å². The third-order valence-electron chi connectivity index (χ3n) is 3.48. The van der Waals surface area contributed by atoms with Crippen LogP contribution in [-0.4, -0.2) is 51.2 Å². The van der Waals surface area contributed by atoms with Crippen LogP contribution in [-0.2, 0) is 14.8 Å². The summed E-state index contributed by atoms with van der Waals surface area (Å²) in [6.45, 7) is 3.31. The molecule has 22 heavy (non-hydrogen) atoms. The third kappa shape index (κ3) is 5.27. The Morgan fingerprint density at radius 2 is 2.23 bits per heavy atom. The number of hydrogen-bond acceptors (Lipinski definition) is 5. The summed E-state index contributed by atoms with van der Waals surface area (Å²) in [6.07, 6.45) is 2.87. The molecule has 0 saturated carbocycles. The molecule has 2 N–H and O–H groups in total. The summed E-state index contributed by atoms with van der Waals surface area (Å²) in [4.78, 5) is 18.4. The van der Waals surface area contributed by atoms with Crippen LogP contribution in [0.2, 0.25) is 0 Å². The highest BCUT2D eigenvalue weighted by Crippen LogP contribution is 2.18. The summed E-state index contributed by atoms with van der Waals surface area (Å²) in [6, 6.07) is 5.88. The van der Waals surface area contributed by atoms with Gasteiger partial charge < -0.3 is 10.2 Å². The Morgan fingerprint density at radius 1 is 1.45 bits per heavy atom. The minimum Gasteiger partial charge on any atom is -0.355 e. The van der Waals surface area contributed by atoms with E-state index in [-0.39, 0.29) is 18.5 Å². The number of anilines is 1. The van der Waals surface area contributed by atoms with E-state index in [9.17, 15) is 13.2 Å². The van der Waals surface area contributed by atoms with E-state index in [1.807, 2.05) is 25.1 Å². The molecule has 122 valence electrons. The number of sulfonamides is 1.